The summed E-state index contributed by atoms with van der Waals surface area (Å²) in [7, 11) is 0. The fourth-order valence-corrected chi connectivity index (χ4v) is 3.75. The van der Waals surface area contributed by atoms with Crippen molar-refractivity contribution in [2.45, 2.75) is 44.9 Å². The molecule has 3 heteroatoms. The van der Waals surface area contributed by atoms with Gasteiger partial charge in [0.15, 0.2) is 0 Å². The Morgan fingerprint density at radius 2 is 2.05 bits per heavy atom. The summed E-state index contributed by atoms with van der Waals surface area (Å²) in [6, 6.07) is 8.76. The number of nitrogens with one attached hydrogen (secondary N) is 1. The molecule has 2 aromatic rings. The van der Waals surface area contributed by atoms with E-state index >= 15 is 0 Å². The molecule has 1 unspecified atom stereocenters. The fourth-order valence-electron chi connectivity index (χ4n) is 3.75. The van der Waals surface area contributed by atoms with E-state index < -0.39 is 0 Å². The highest BCUT2D eigenvalue weighted by molar-refractivity contribution is 5.50. The van der Waals surface area contributed by atoms with Crippen molar-refractivity contribution in [1.82, 2.24) is 9.97 Å². The second kappa shape index (κ2) is 5.14. The van der Waals surface area contributed by atoms with Gasteiger partial charge in [0.2, 0.25) is 0 Å². The van der Waals surface area contributed by atoms with Gasteiger partial charge in [-0.05, 0) is 50.2 Å². The van der Waals surface area contributed by atoms with Crippen molar-refractivity contribution in [2.24, 2.45) is 0 Å². The van der Waals surface area contributed by atoms with Gasteiger partial charge in [-0.3, -0.25) is 0 Å². The van der Waals surface area contributed by atoms with Crippen LogP contribution in [0.5, 0.6) is 0 Å². The molecule has 3 nitrogen and oxygen atoms in total. The van der Waals surface area contributed by atoms with Crippen LogP contribution < -0.4 is 5.32 Å². The second-order valence-electron chi connectivity index (χ2n) is 6.03. The van der Waals surface area contributed by atoms with Crippen LogP contribution in [0.3, 0.4) is 0 Å². The number of nitrogens with zero attached hydrogens (tertiary/aromatic N) is 2. The lowest BCUT2D eigenvalue weighted by Crippen LogP contribution is -2.11. The molecule has 0 radical (unpaired) electrons. The molecule has 2 aliphatic carbocycles. The lowest BCUT2D eigenvalue weighted by atomic mass is 10.0. The zero-order valence-electron chi connectivity index (χ0n) is 12.5. The van der Waals surface area contributed by atoms with Gasteiger partial charge in [-0.15, -0.1) is 0 Å². The smallest absolute Gasteiger partial charge is 0.138 e. The molecular weight excluding hydrogens is 258 g/mol. The molecule has 0 saturated carbocycles. The van der Waals surface area contributed by atoms with Crippen molar-refractivity contribution in [3.8, 4) is 0 Å². The van der Waals surface area contributed by atoms with E-state index in [1.165, 1.54) is 28.8 Å². The lowest BCUT2D eigenvalue weighted by Gasteiger charge is -2.15. The Hall–Kier alpha value is -1.90. The summed E-state index contributed by atoms with van der Waals surface area (Å²) in [5, 5.41) is 3.44. The number of hydrogen-bond donors (Lipinski definition) is 1. The fraction of sp³-hybridized carbons (Fsp3) is 0.444. The molecule has 0 saturated heterocycles. The predicted molar refractivity (Wildman–Crippen MR) is 84.8 cm³/mol. The van der Waals surface area contributed by atoms with Gasteiger partial charge in [0, 0.05) is 23.7 Å². The number of rotatable bonds is 3. The average molecular weight is 279 g/mol. The Morgan fingerprint density at radius 3 is 2.95 bits per heavy atom. The van der Waals surface area contributed by atoms with E-state index in [-0.39, 0.29) is 0 Å². The molecule has 1 aromatic heterocycles. The zero-order valence-corrected chi connectivity index (χ0v) is 12.5. The molecule has 2 aliphatic rings. The molecule has 0 fully saturated rings. The molecule has 0 bridgehead atoms. The van der Waals surface area contributed by atoms with Gasteiger partial charge in [-0.2, -0.15) is 0 Å². The first-order chi connectivity index (χ1) is 10.4. The monoisotopic (exact) mass is 279 g/mol. The molecule has 1 N–H and O–H groups in total. The quantitative estimate of drug-likeness (QED) is 0.934. The third kappa shape index (κ3) is 2.11. The summed E-state index contributed by atoms with van der Waals surface area (Å²) in [5.74, 6) is 2.49. The summed E-state index contributed by atoms with van der Waals surface area (Å²) in [6.45, 7) is 3.05. The average Bonchev–Trinajstić information content (AvgIpc) is 3.13. The van der Waals surface area contributed by atoms with Crippen LogP contribution in [0, 0.1) is 0 Å². The Labute approximate surface area is 125 Å². The van der Waals surface area contributed by atoms with E-state index in [1.807, 2.05) is 0 Å². The van der Waals surface area contributed by atoms with E-state index in [2.05, 4.69) is 36.5 Å². The third-order valence-electron chi connectivity index (χ3n) is 4.74. The van der Waals surface area contributed by atoms with Crippen LogP contribution in [0.25, 0.3) is 0 Å². The zero-order chi connectivity index (χ0) is 14.2. The van der Waals surface area contributed by atoms with E-state index in [0.29, 0.717) is 5.92 Å². The molecule has 1 atom stereocenters. The molecular formula is C18H21N3. The molecule has 1 heterocycles. The van der Waals surface area contributed by atoms with Gasteiger partial charge in [0.05, 0.1) is 0 Å². The van der Waals surface area contributed by atoms with Gasteiger partial charge in [-0.1, -0.05) is 24.3 Å². The largest absolute Gasteiger partial charge is 0.370 e. The minimum absolute atomic E-state index is 0.379. The molecule has 1 aromatic carbocycles. The van der Waals surface area contributed by atoms with Crippen molar-refractivity contribution < 1.29 is 0 Å². The van der Waals surface area contributed by atoms with Gasteiger partial charge in [-0.25, -0.2) is 9.97 Å². The van der Waals surface area contributed by atoms with Crippen LogP contribution in [-0.2, 0) is 19.3 Å². The summed E-state index contributed by atoms with van der Waals surface area (Å²) < 4.78 is 0. The highest BCUT2D eigenvalue weighted by atomic mass is 15.0. The standard InChI is InChI=1S/C18H21N3/c1-2-19-17-15-8-5-9-16(15)20-18(21-17)14-11-10-12-6-3-4-7-13(12)14/h3-4,6-7,14H,2,5,8-11H2,1H3,(H,19,20,21). The number of fused-ring (bicyclic) bond motifs is 2. The number of aromatic nitrogens is 2. The van der Waals surface area contributed by atoms with Gasteiger partial charge >= 0.3 is 0 Å². The lowest BCUT2D eigenvalue weighted by molar-refractivity contribution is 0.721. The van der Waals surface area contributed by atoms with Gasteiger partial charge in [0.25, 0.3) is 0 Å². The van der Waals surface area contributed by atoms with Crippen molar-refractivity contribution in [1.29, 1.82) is 0 Å². The Bertz CT molecular complexity index is 678. The van der Waals surface area contributed by atoms with Crippen LogP contribution in [0.4, 0.5) is 5.82 Å². The molecule has 0 amide bonds. The maximum Gasteiger partial charge on any atom is 0.138 e. The molecule has 0 spiro atoms. The first-order valence-corrected chi connectivity index (χ1v) is 8.08. The minimum atomic E-state index is 0.379. The summed E-state index contributed by atoms with van der Waals surface area (Å²) in [5.41, 5.74) is 5.53. The van der Waals surface area contributed by atoms with Crippen LogP contribution in [0.15, 0.2) is 24.3 Å². The number of anilines is 1. The van der Waals surface area contributed by atoms with E-state index in [4.69, 9.17) is 9.97 Å². The Kier molecular flexibility index (Phi) is 3.13. The first-order valence-electron chi connectivity index (χ1n) is 8.08. The van der Waals surface area contributed by atoms with E-state index in [1.54, 1.807) is 0 Å². The number of aryl methyl sites for hydroxylation is 2. The molecule has 0 aliphatic heterocycles. The SMILES string of the molecule is CCNc1nc(C2CCc3ccccc32)nc2c1CCC2. The maximum atomic E-state index is 4.93. The number of benzene rings is 1. The van der Waals surface area contributed by atoms with Gasteiger partial charge in [0.1, 0.15) is 11.6 Å². The van der Waals surface area contributed by atoms with Crippen molar-refractivity contribution >= 4 is 5.82 Å². The van der Waals surface area contributed by atoms with Crippen molar-refractivity contribution in [2.75, 3.05) is 11.9 Å². The first kappa shape index (κ1) is 12.8. The van der Waals surface area contributed by atoms with Crippen LogP contribution >= 0.6 is 0 Å². The summed E-state index contributed by atoms with van der Waals surface area (Å²) >= 11 is 0. The van der Waals surface area contributed by atoms with E-state index in [9.17, 15) is 0 Å². The Morgan fingerprint density at radius 1 is 1.14 bits per heavy atom. The second-order valence-corrected chi connectivity index (χ2v) is 6.03. The highest BCUT2D eigenvalue weighted by Crippen LogP contribution is 2.38. The predicted octanol–water partition coefficient (Wildman–Crippen LogP) is 3.48. The van der Waals surface area contributed by atoms with Crippen LogP contribution in [0.1, 0.15) is 53.9 Å². The van der Waals surface area contributed by atoms with E-state index in [0.717, 1.165) is 43.9 Å². The summed E-state index contributed by atoms with van der Waals surface area (Å²) in [6.07, 6.45) is 5.74. The highest BCUT2D eigenvalue weighted by Gasteiger charge is 2.28. The minimum Gasteiger partial charge on any atom is -0.370 e. The summed E-state index contributed by atoms with van der Waals surface area (Å²) in [4.78, 5) is 9.82. The molecule has 4 rings (SSSR count). The maximum absolute atomic E-state index is 4.93. The van der Waals surface area contributed by atoms with Crippen molar-refractivity contribution in [3.05, 3.63) is 52.5 Å². The molecule has 108 valence electrons. The van der Waals surface area contributed by atoms with Gasteiger partial charge < -0.3 is 5.32 Å². The third-order valence-corrected chi connectivity index (χ3v) is 4.74. The van der Waals surface area contributed by atoms with Crippen LogP contribution in [-0.4, -0.2) is 16.5 Å². The molecule has 21 heavy (non-hydrogen) atoms. The topological polar surface area (TPSA) is 37.8 Å². The van der Waals surface area contributed by atoms with Crippen LogP contribution in [0.2, 0.25) is 0 Å². The Balaban J connectivity index is 1.78. The number of hydrogen-bond acceptors (Lipinski definition) is 3. The van der Waals surface area contributed by atoms with Crippen molar-refractivity contribution in [3.63, 3.8) is 0 Å². The normalized spacial score (nSPS) is 19.4.